The highest BCUT2D eigenvalue weighted by atomic mass is 79.9. The molecular formula is C16H21BrN2O2. The summed E-state index contributed by atoms with van der Waals surface area (Å²) < 4.78 is 8.12. The van der Waals surface area contributed by atoms with E-state index >= 15 is 0 Å². The number of benzene rings is 1. The molecule has 1 N–H and O–H groups in total. The van der Waals surface area contributed by atoms with Gasteiger partial charge in [-0.05, 0) is 40.9 Å². The van der Waals surface area contributed by atoms with Crippen molar-refractivity contribution < 1.29 is 9.84 Å². The first kappa shape index (κ1) is 16.2. The third-order valence-electron chi connectivity index (χ3n) is 3.55. The van der Waals surface area contributed by atoms with Gasteiger partial charge in [-0.2, -0.15) is 5.10 Å². The number of halogens is 1. The first-order valence-electron chi connectivity index (χ1n) is 7.05. The van der Waals surface area contributed by atoms with Gasteiger partial charge in [0.05, 0.1) is 28.6 Å². The zero-order valence-corrected chi connectivity index (χ0v) is 14.2. The molecule has 1 aromatic heterocycles. The maximum atomic E-state index is 10.6. The Morgan fingerprint density at radius 2 is 2.10 bits per heavy atom. The first-order chi connectivity index (χ1) is 10.1. The third kappa shape index (κ3) is 3.54. The van der Waals surface area contributed by atoms with E-state index in [-0.39, 0.29) is 0 Å². The maximum absolute atomic E-state index is 10.6. The molecule has 2 aromatic rings. The average Bonchev–Trinajstić information content (AvgIpc) is 2.76. The number of aromatic nitrogens is 2. The number of ether oxygens (including phenoxy) is 1. The van der Waals surface area contributed by atoms with Gasteiger partial charge in [-0.25, -0.2) is 0 Å². The summed E-state index contributed by atoms with van der Waals surface area (Å²) in [4.78, 5) is 0. The second-order valence-electron chi connectivity index (χ2n) is 5.01. The van der Waals surface area contributed by atoms with E-state index in [9.17, 15) is 5.11 Å². The number of hydrogen-bond acceptors (Lipinski definition) is 3. The minimum absolute atomic E-state index is 0.500. The average molecular weight is 353 g/mol. The lowest BCUT2D eigenvalue weighted by Crippen LogP contribution is -2.10. The minimum Gasteiger partial charge on any atom is -0.388 e. The van der Waals surface area contributed by atoms with Crippen molar-refractivity contribution >= 4 is 15.9 Å². The fourth-order valence-electron chi connectivity index (χ4n) is 2.50. The van der Waals surface area contributed by atoms with E-state index < -0.39 is 6.10 Å². The smallest absolute Gasteiger partial charge is 0.0849 e. The Bertz CT molecular complexity index is 610. The minimum atomic E-state index is -0.575. The van der Waals surface area contributed by atoms with Crippen LogP contribution in [0.3, 0.4) is 0 Å². The van der Waals surface area contributed by atoms with Crippen LogP contribution in [0.5, 0.6) is 0 Å². The Morgan fingerprint density at radius 1 is 1.38 bits per heavy atom. The Balaban J connectivity index is 2.28. The summed E-state index contributed by atoms with van der Waals surface area (Å²) in [6.45, 7) is 5.30. The number of nitrogens with zero attached hydrogens (tertiary/aromatic N) is 2. The van der Waals surface area contributed by atoms with Gasteiger partial charge in [0, 0.05) is 20.1 Å². The molecular weight excluding hydrogens is 332 g/mol. The number of rotatable bonds is 6. The van der Waals surface area contributed by atoms with Gasteiger partial charge in [-0.3, -0.25) is 4.68 Å². The number of hydrogen-bond donors (Lipinski definition) is 1. The van der Waals surface area contributed by atoms with E-state index in [1.165, 1.54) is 0 Å². The van der Waals surface area contributed by atoms with E-state index in [0.717, 1.165) is 33.5 Å². The van der Waals surface area contributed by atoms with Gasteiger partial charge >= 0.3 is 0 Å². The molecule has 1 unspecified atom stereocenters. The lowest BCUT2D eigenvalue weighted by atomic mass is 9.99. The van der Waals surface area contributed by atoms with Crippen LogP contribution >= 0.6 is 15.9 Å². The molecule has 0 saturated carbocycles. The van der Waals surface area contributed by atoms with Gasteiger partial charge in [0.25, 0.3) is 0 Å². The van der Waals surface area contributed by atoms with Crippen molar-refractivity contribution in [3.63, 3.8) is 0 Å². The highest BCUT2D eigenvalue weighted by molar-refractivity contribution is 9.10. The summed E-state index contributed by atoms with van der Waals surface area (Å²) >= 11 is 3.57. The van der Waals surface area contributed by atoms with Crippen molar-refractivity contribution in [2.24, 2.45) is 0 Å². The summed E-state index contributed by atoms with van der Waals surface area (Å²) in [6, 6.07) is 7.84. The van der Waals surface area contributed by atoms with Crippen molar-refractivity contribution in [3.05, 3.63) is 51.3 Å². The van der Waals surface area contributed by atoms with Gasteiger partial charge in [0.2, 0.25) is 0 Å². The number of aliphatic hydroxyl groups is 1. The molecule has 1 atom stereocenters. The molecule has 0 aliphatic heterocycles. The van der Waals surface area contributed by atoms with Crippen molar-refractivity contribution in [1.82, 2.24) is 9.78 Å². The van der Waals surface area contributed by atoms with Crippen molar-refractivity contribution in [2.75, 3.05) is 7.11 Å². The second-order valence-corrected chi connectivity index (χ2v) is 5.81. The lowest BCUT2D eigenvalue weighted by Gasteiger charge is -2.16. The highest BCUT2D eigenvalue weighted by Crippen LogP contribution is 2.28. The fraction of sp³-hybridized carbons (Fsp3) is 0.438. The topological polar surface area (TPSA) is 47.3 Å². The number of methoxy groups -OCH3 is 1. The van der Waals surface area contributed by atoms with Gasteiger partial charge in [0.15, 0.2) is 0 Å². The van der Waals surface area contributed by atoms with Crippen LogP contribution in [0.25, 0.3) is 0 Å². The Hall–Kier alpha value is -1.17. The zero-order valence-electron chi connectivity index (χ0n) is 12.6. The monoisotopic (exact) mass is 352 g/mol. The number of aryl methyl sites for hydroxylation is 2. The third-order valence-corrected chi connectivity index (χ3v) is 4.58. The lowest BCUT2D eigenvalue weighted by molar-refractivity contribution is 0.159. The Morgan fingerprint density at radius 3 is 2.76 bits per heavy atom. The van der Waals surface area contributed by atoms with E-state index in [0.29, 0.717) is 13.0 Å². The predicted molar refractivity (Wildman–Crippen MR) is 86.2 cm³/mol. The van der Waals surface area contributed by atoms with Crippen LogP contribution in [0.15, 0.2) is 28.7 Å². The highest BCUT2D eigenvalue weighted by Gasteiger charge is 2.19. The fourth-order valence-corrected chi connectivity index (χ4v) is 2.95. The van der Waals surface area contributed by atoms with Crippen LogP contribution in [0, 0.1) is 6.92 Å². The molecule has 0 aliphatic rings. The molecule has 1 aromatic carbocycles. The molecule has 21 heavy (non-hydrogen) atoms. The van der Waals surface area contributed by atoms with Gasteiger partial charge < -0.3 is 9.84 Å². The molecule has 5 heteroatoms. The largest absolute Gasteiger partial charge is 0.388 e. The van der Waals surface area contributed by atoms with Crippen molar-refractivity contribution in [3.8, 4) is 0 Å². The van der Waals surface area contributed by atoms with E-state index in [1.807, 2.05) is 42.8 Å². The zero-order chi connectivity index (χ0) is 15.4. The molecule has 0 saturated heterocycles. The van der Waals surface area contributed by atoms with Gasteiger partial charge in [-0.1, -0.05) is 24.3 Å². The molecule has 0 bridgehead atoms. The van der Waals surface area contributed by atoms with Crippen molar-refractivity contribution in [2.45, 2.75) is 39.5 Å². The molecule has 2 rings (SSSR count). The standard InChI is InChI=1S/C16H21BrN2O2/c1-4-19-14(16(17)11(2)18-19)9-15(20)13-8-6-5-7-12(13)10-21-3/h5-8,15,20H,4,9-10H2,1-3H3. The quantitative estimate of drug-likeness (QED) is 0.866. The van der Waals surface area contributed by atoms with Gasteiger partial charge in [0.1, 0.15) is 0 Å². The van der Waals surface area contributed by atoms with E-state index in [4.69, 9.17) is 4.74 Å². The number of aliphatic hydroxyl groups excluding tert-OH is 1. The molecule has 0 fully saturated rings. The molecule has 114 valence electrons. The van der Waals surface area contributed by atoms with Crippen LogP contribution in [0.4, 0.5) is 0 Å². The van der Waals surface area contributed by atoms with E-state index in [1.54, 1.807) is 7.11 Å². The summed E-state index contributed by atoms with van der Waals surface area (Å²) in [5, 5.41) is 15.1. The summed E-state index contributed by atoms with van der Waals surface area (Å²) in [5.41, 5.74) is 3.90. The Kier molecular flexibility index (Phi) is 5.56. The molecule has 0 aliphatic carbocycles. The second kappa shape index (κ2) is 7.20. The predicted octanol–water partition coefficient (Wildman–Crippen LogP) is 3.40. The van der Waals surface area contributed by atoms with Crippen LogP contribution < -0.4 is 0 Å². The van der Waals surface area contributed by atoms with Crippen LogP contribution in [-0.4, -0.2) is 22.0 Å². The van der Waals surface area contributed by atoms with Crippen molar-refractivity contribution in [1.29, 1.82) is 0 Å². The molecule has 0 spiro atoms. The molecule has 1 heterocycles. The summed E-state index contributed by atoms with van der Waals surface area (Å²) in [6.07, 6.45) is -0.0512. The Labute approximate surface area is 133 Å². The summed E-state index contributed by atoms with van der Waals surface area (Å²) in [5.74, 6) is 0. The molecule has 4 nitrogen and oxygen atoms in total. The van der Waals surface area contributed by atoms with Crippen LogP contribution in [0.2, 0.25) is 0 Å². The normalized spacial score (nSPS) is 12.6. The first-order valence-corrected chi connectivity index (χ1v) is 7.84. The summed E-state index contributed by atoms with van der Waals surface area (Å²) in [7, 11) is 1.66. The molecule has 0 radical (unpaired) electrons. The van der Waals surface area contributed by atoms with Gasteiger partial charge in [-0.15, -0.1) is 0 Å². The SMILES string of the molecule is CCn1nc(C)c(Br)c1CC(O)c1ccccc1COC. The van der Waals surface area contributed by atoms with E-state index in [2.05, 4.69) is 21.0 Å². The molecule has 0 amide bonds. The maximum Gasteiger partial charge on any atom is 0.0849 e. The van der Waals surface area contributed by atoms with Crippen LogP contribution in [0.1, 0.15) is 35.5 Å². The van der Waals surface area contributed by atoms with Crippen LogP contribution in [-0.2, 0) is 24.3 Å².